The van der Waals surface area contributed by atoms with Crippen molar-refractivity contribution in [2.75, 3.05) is 24.6 Å². The first-order valence-electron chi connectivity index (χ1n) is 12.4. The SMILES string of the molecule is Nc1nc(N)c(C(=O)/C=C2\CCC3(CCN(C(=O)CCc4cc(-c5ccccc5)no4)CC3)C2)nc1Cl. The van der Waals surface area contributed by atoms with Gasteiger partial charge >= 0.3 is 0 Å². The number of likely N-dealkylation sites (tertiary alicyclic amines) is 1. The van der Waals surface area contributed by atoms with Crippen molar-refractivity contribution in [2.45, 2.75) is 44.9 Å². The first-order valence-corrected chi connectivity index (χ1v) is 12.8. The molecule has 1 saturated carbocycles. The molecule has 1 spiro atoms. The van der Waals surface area contributed by atoms with Crippen LogP contribution in [-0.4, -0.2) is 44.8 Å². The molecule has 1 aliphatic carbocycles. The highest BCUT2D eigenvalue weighted by Crippen LogP contribution is 2.48. The molecule has 9 nitrogen and oxygen atoms in total. The van der Waals surface area contributed by atoms with Crippen LogP contribution in [0.4, 0.5) is 11.6 Å². The Hall–Kier alpha value is -3.72. The molecule has 192 valence electrons. The number of benzene rings is 1. The Morgan fingerprint density at radius 1 is 1.08 bits per heavy atom. The van der Waals surface area contributed by atoms with Crippen molar-refractivity contribution in [2.24, 2.45) is 5.41 Å². The zero-order valence-corrected chi connectivity index (χ0v) is 21.2. The average Bonchev–Trinajstić information content (AvgIpc) is 3.53. The molecule has 1 aliphatic heterocycles. The zero-order chi connectivity index (χ0) is 26.0. The first kappa shape index (κ1) is 25.0. The fourth-order valence-electron chi connectivity index (χ4n) is 5.31. The second kappa shape index (κ2) is 10.3. The molecule has 2 fully saturated rings. The van der Waals surface area contributed by atoms with E-state index in [2.05, 4.69) is 15.1 Å². The molecule has 0 radical (unpaired) electrons. The largest absolute Gasteiger partial charge is 0.382 e. The number of amides is 1. The van der Waals surface area contributed by atoms with Crippen LogP contribution in [0.25, 0.3) is 11.3 Å². The van der Waals surface area contributed by atoms with Gasteiger partial charge in [0.2, 0.25) is 11.7 Å². The Labute approximate surface area is 219 Å². The average molecular weight is 521 g/mol. The number of aryl methyl sites for hydroxylation is 1. The lowest BCUT2D eigenvalue weighted by Gasteiger charge is -2.39. The van der Waals surface area contributed by atoms with E-state index in [0.717, 1.165) is 62.0 Å². The third-order valence-electron chi connectivity index (χ3n) is 7.44. The van der Waals surface area contributed by atoms with Gasteiger partial charge in [-0.25, -0.2) is 9.97 Å². The molecule has 0 atom stereocenters. The van der Waals surface area contributed by atoms with Crippen LogP contribution in [0.1, 0.15) is 54.8 Å². The highest BCUT2D eigenvalue weighted by molar-refractivity contribution is 6.31. The number of hydrogen-bond acceptors (Lipinski definition) is 8. The number of nitrogens with two attached hydrogens (primary N) is 2. The summed E-state index contributed by atoms with van der Waals surface area (Å²) in [6, 6.07) is 11.7. The van der Waals surface area contributed by atoms with Crippen molar-refractivity contribution in [3.05, 3.63) is 64.7 Å². The molecule has 2 aliphatic rings. The second-order valence-corrected chi connectivity index (χ2v) is 10.3. The summed E-state index contributed by atoms with van der Waals surface area (Å²) in [4.78, 5) is 35.5. The van der Waals surface area contributed by atoms with E-state index in [0.29, 0.717) is 18.6 Å². The monoisotopic (exact) mass is 520 g/mol. The maximum absolute atomic E-state index is 12.9. The number of rotatable bonds is 6. The van der Waals surface area contributed by atoms with Gasteiger partial charge in [0.1, 0.15) is 11.5 Å². The number of aromatic nitrogens is 3. The maximum Gasteiger partial charge on any atom is 0.223 e. The summed E-state index contributed by atoms with van der Waals surface area (Å²) in [6.45, 7) is 1.44. The van der Waals surface area contributed by atoms with Gasteiger partial charge in [0.15, 0.2) is 22.5 Å². The summed E-state index contributed by atoms with van der Waals surface area (Å²) >= 11 is 5.92. The summed E-state index contributed by atoms with van der Waals surface area (Å²) < 4.78 is 5.44. The number of carbonyl (C=O) groups is 2. The van der Waals surface area contributed by atoms with Crippen LogP contribution in [0, 0.1) is 5.41 Å². The number of piperidine rings is 1. The van der Waals surface area contributed by atoms with Gasteiger partial charge in [0, 0.05) is 37.6 Å². The Kier molecular flexibility index (Phi) is 6.97. The normalized spacial score (nSPS) is 18.0. The van der Waals surface area contributed by atoms with Crippen LogP contribution in [0.5, 0.6) is 0 Å². The fourth-order valence-corrected chi connectivity index (χ4v) is 5.43. The van der Waals surface area contributed by atoms with Crippen LogP contribution in [0.2, 0.25) is 5.15 Å². The summed E-state index contributed by atoms with van der Waals surface area (Å²) in [5, 5.41) is 4.10. The van der Waals surface area contributed by atoms with E-state index in [-0.39, 0.29) is 39.6 Å². The van der Waals surface area contributed by atoms with Gasteiger partial charge in [0.05, 0.1) is 0 Å². The van der Waals surface area contributed by atoms with E-state index in [1.54, 1.807) is 6.08 Å². The van der Waals surface area contributed by atoms with Crippen LogP contribution in [0.15, 0.2) is 52.6 Å². The van der Waals surface area contributed by atoms with Crippen molar-refractivity contribution in [1.82, 2.24) is 20.0 Å². The molecule has 3 aromatic rings. The van der Waals surface area contributed by atoms with Crippen molar-refractivity contribution in [3.63, 3.8) is 0 Å². The molecular formula is C27H29ClN6O3. The molecule has 0 unspecified atom stereocenters. The van der Waals surface area contributed by atoms with Gasteiger partial charge in [0.25, 0.3) is 0 Å². The van der Waals surface area contributed by atoms with Crippen LogP contribution in [0.3, 0.4) is 0 Å². The molecule has 0 bridgehead atoms. The minimum atomic E-state index is -0.311. The van der Waals surface area contributed by atoms with Gasteiger partial charge in [-0.05, 0) is 43.6 Å². The van der Waals surface area contributed by atoms with Crippen molar-refractivity contribution in [3.8, 4) is 11.3 Å². The Morgan fingerprint density at radius 2 is 1.84 bits per heavy atom. The molecule has 1 aromatic carbocycles. The Bertz CT molecular complexity index is 1350. The third-order valence-corrected chi connectivity index (χ3v) is 7.72. The van der Waals surface area contributed by atoms with Gasteiger partial charge in [-0.3, -0.25) is 9.59 Å². The number of nitrogen functional groups attached to an aromatic ring is 2. The summed E-state index contributed by atoms with van der Waals surface area (Å²) in [5.41, 5.74) is 14.4. The van der Waals surface area contributed by atoms with Gasteiger partial charge < -0.3 is 20.9 Å². The number of nitrogens with zero attached hydrogens (tertiary/aromatic N) is 4. The van der Waals surface area contributed by atoms with E-state index in [1.807, 2.05) is 41.3 Å². The summed E-state index contributed by atoms with van der Waals surface area (Å²) in [5.74, 6) is 0.510. The quantitative estimate of drug-likeness (QED) is 0.358. The molecular weight excluding hydrogens is 492 g/mol. The van der Waals surface area contributed by atoms with Crippen molar-refractivity contribution >= 4 is 34.9 Å². The number of anilines is 2. The lowest BCUT2D eigenvalue weighted by Crippen LogP contribution is -2.42. The van der Waals surface area contributed by atoms with Crippen LogP contribution >= 0.6 is 11.6 Å². The van der Waals surface area contributed by atoms with Gasteiger partial charge in [-0.15, -0.1) is 0 Å². The molecule has 4 N–H and O–H groups in total. The number of carbonyl (C=O) groups excluding carboxylic acids is 2. The van der Waals surface area contributed by atoms with E-state index in [9.17, 15) is 9.59 Å². The molecule has 1 amide bonds. The second-order valence-electron chi connectivity index (χ2n) is 9.90. The lowest BCUT2D eigenvalue weighted by atomic mass is 9.76. The Balaban J connectivity index is 1.13. The molecule has 37 heavy (non-hydrogen) atoms. The predicted octanol–water partition coefficient (Wildman–Crippen LogP) is 4.48. The first-order chi connectivity index (χ1) is 17.8. The standard InChI is InChI=1S/C27H29ClN6O3/c28-24-26(30)32-25(29)23(31-24)21(35)14-17-8-9-27(16-17)10-12-34(13-11-27)22(36)7-6-19-15-20(33-37-19)18-4-2-1-3-5-18/h1-5,14-15H,6-13,16H2,(H4,29,30,32)/b17-14+. The summed E-state index contributed by atoms with van der Waals surface area (Å²) in [7, 11) is 0. The van der Waals surface area contributed by atoms with E-state index in [1.165, 1.54) is 0 Å². The fraction of sp³-hybridized carbons (Fsp3) is 0.370. The van der Waals surface area contributed by atoms with E-state index < -0.39 is 0 Å². The topological polar surface area (TPSA) is 141 Å². The highest BCUT2D eigenvalue weighted by atomic mass is 35.5. The molecule has 10 heteroatoms. The smallest absolute Gasteiger partial charge is 0.223 e. The zero-order valence-electron chi connectivity index (χ0n) is 20.5. The van der Waals surface area contributed by atoms with Gasteiger partial charge in [-0.1, -0.05) is 52.7 Å². The van der Waals surface area contributed by atoms with E-state index >= 15 is 0 Å². The Morgan fingerprint density at radius 3 is 2.59 bits per heavy atom. The number of allylic oxidation sites excluding steroid dienone is 2. The number of ketones is 1. The van der Waals surface area contributed by atoms with Crippen LogP contribution in [-0.2, 0) is 11.2 Å². The van der Waals surface area contributed by atoms with Gasteiger partial charge in [-0.2, -0.15) is 0 Å². The van der Waals surface area contributed by atoms with E-state index in [4.69, 9.17) is 27.6 Å². The third kappa shape index (κ3) is 5.51. The molecule has 2 aromatic heterocycles. The number of hydrogen-bond donors (Lipinski definition) is 2. The van der Waals surface area contributed by atoms with Crippen molar-refractivity contribution in [1.29, 1.82) is 0 Å². The predicted molar refractivity (Wildman–Crippen MR) is 141 cm³/mol. The van der Waals surface area contributed by atoms with Crippen molar-refractivity contribution < 1.29 is 14.1 Å². The molecule has 1 saturated heterocycles. The minimum Gasteiger partial charge on any atom is -0.382 e. The summed E-state index contributed by atoms with van der Waals surface area (Å²) in [6.07, 6.45) is 7.03. The van der Waals surface area contributed by atoms with Crippen LogP contribution < -0.4 is 11.5 Å². The highest BCUT2D eigenvalue weighted by Gasteiger charge is 2.40. The lowest BCUT2D eigenvalue weighted by molar-refractivity contribution is -0.133. The number of halogens is 1. The maximum atomic E-state index is 12.9. The minimum absolute atomic E-state index is 0.00209. The molecule has 3 heterocycles. The molecule has 5 rings (SSSR count).